The second-order valence-electron chi connectivity index (χ2n) is 3.55. The molecule has 0 atom stereocenters. The van der Waals surface area contributed by atoms with E-state index in [-0.39, 0.29) is 6.61 Å². The van der Waals surface area contributed by atoms with Gasteiger partial charge in [-0.3, -0.25) is 10.2 Å². The number of hydrogen-bond acceptors (Lipinski definition) is 4. The predicted octanol–water partition coefficient (Wildman–Crippen LogP) is 0.973. The number of rotatable bonds is 1. The zero-order valence-corrected chi connectivity index (χ0v) is 9.07. The number of amidine groups is 1. The van der Waals surface area contributed by atoms with Gasteiger partial charge in [0.15, 0.2) is 5.82 Å². The predicted molar refractivity (Wildman–Crippen MR) is 58.4 cm³/mol. The molecule has 1 aromatic rings. The molecule has 0 aliphatic carbocycles. The van der Waals surface area contributed by atoms with Crippen molar-refractivity contribution >= 4 is 17.7 Å². The topological polar surface area (TPSA) is 75.6 Å². The molecule has 84 valence electrons. The molecule has 0 aromatic carbocycles. The zero-order chi connectivity index (χ0) is 11.5. The molecular weight excluding hydrogens is 208 g/mol. The quantitative estimate of drug-likeness (QED) is 0.740. The number of aliphatic imine (C=N–C) groups is 1. The van der Waals surface area contributed by atoms with E-state index in [0.717, 1.165) is 11.3 Å². The van der Waals surface area contributed by atoms with Gasteiger partial charge in [0.05, 0.1) is 0 Å². The molecular formula is C10H12N4O2. The lowest BCUT2D eigenvalue weighted by atomic mass is 10.2. The molecule has 1 aliphatic rings. The molecule has 6 heteroatoms. The van der Waals surface area contributed by atoms with E-state index in [1.54, 1.807) is 0 Å². The summed E-state index contributed by atoms with van der Waals surface area (Å²) in [5.41, 5.74) is 4.14. The first-order valence-electron chi connectivity index (χ1n) is 4.85. The van der Waals surface area contributed by atoms with Crippen LogP contribution in [0.5, 0.6) is 0 Å². The molecule has 0 bridgehead atoms. The Morgan fingerprint density at radius 1 is 1.44 bits per heavy atom. The summed E-state index contributed by atoms with van der Waals surface area (Å²) in [5.74, 6) is 1.01. The second kappa shape index (κ2) is 4.28. The summed E-state index contributed by atoms with van der Waals surface area (Å²) < 4.78 is 0. The average molecular weight is 220 g/mol. The fraction of sp³-hybridized carbons (Fsp3) is 0.300. The number of amides is 2. The zero-order valence-electron chi connectivity index (χ0n) is 9.07. The number of urea groups is 1. The van der Waals surface area contributed by atoms with Gasteiger partial charge >= 0.3 is 6.03 Å². The fourth-order valence-corrected chi connectivity index (χ4v) is 1.44. The number of hydroxylamine groups is 1. The van der Waals surface area contributed by atoms with E-state index in [9.17, 15) is 4.79 Å². The third-order valence-electron chi connectivity index (χ3n) is 1.97. The maximum atomic E-state index is 10.9. The molecule has 6 nitrogen and oxygen atoms in total. The van der Waals surface area contributed by atoms with Crippen molar-refractivity contribution in [3.63, 3.8) is 0 Å². The van der Waals surface area contributed by atoms with E-state index < -0.39 is 6.03 Å². The molecule has 0 radical (unpaired) electrons. The van der Waals surface area contributed by atoms with Gasteiger partial charge in [-0.2, -0.15) is 0 Å². The Labute approximate surface area is 92.7 Å². The van der Waals surface area contributed by atoms with E-state index >= 15 is 0 Å². The van der Waals surface area contributed by atoms with E-state index in [4.69, 9.17) is 4.84 Å². The third-order valence-corrected chi connectivity index (χ3v) is 1.97. The van der Waals surface area contributed by atoms with Crippen LogP contribution in [0.25, 0.3) is 0 Å². The minimum Gasteiger partial charge on any atom is -0.292 e. The van der Waals surface area contributed by atoms with Crippen LogP contribution in [0.3, 0.4) is 0 Å². The maximum absolute atomic E-state index is 10.9. The van der Waals surface area contributed by atoms with Crippen molar-refractivity contribution in [2.24, 2.45) is 4.99 Å². The summed E-state index contributed by atoms with van der Waals surface area (Å²) in [5, 5.41) is 2.54. The van der Waals surface area contributed by atoms with Crippen LogP contribution in [0, 0.1) is 13.8 Å². The largest absolute Gasteiger partial charge is 0.344 e. The summed E-state index contributed by atoms with van der Waals surface area (Å²) in [6.45, 7) is 4.07. The van der Waals surface area contributed by atoms with Crippen molar-refractivity contribution in [1.82, 2.24) is 15.8 Å². The highest BCUT2D eigenvalue weighted by molar-refractivity contribution is 6.00. The minimum absolute atomic E-state index is 0.209. The van der Waals surface area contributed by atoms with Crippen LogP contribution in [-0.4, -0.2) is 23.5 Å². The lowest BCUT2D eigenvalue weighted by Crippen LogP contribution is -2.47. The van der Waals surface area contributed by atoms with E-state index in [1.807, 2.05) is 26.0 Å². The first kappa shape index (κ1) is 10.6. The maximum Gasteiger partial charge on any atom is 0.344 e. The normalized spacial score (nSPS) is 18.1. The Hall–Kier alpha value is -1.95. The van der Waals surface area contributed by atoms with E-state index in [1.165, 1.54) is 0 Å². The number of carbonyl (C=O) groups excluding carboxylic acids is 1. The summed E-state index contributed by atoms with van der Waals surface area (Å²) in [6, 6.07) is 3.38. The summed E-state index contributed by atoms with van der Waals surface area (Å²) in [4.78, 5) is 24.2. The number of nitrogens with one attached hydrogen (secondary N) is 2. The van der Waals surface area contributed by atoms with Crippen molar-refractivity contribution in [2.45, 2.75) is 13.8 Å². The monoisotopic (exact) mass is 220 g/mol. The molecule has 1 fully saturated rings. The van der Waals surface area contributed by atoms with Crippen LogP contribution in [0.2, 0.25) is 0 Å². The van der Waals surface area contributed by atoms with Gasteiger partial charge in [0.2, 0.25) is 0 Å². The van der Waals surface area contributed by atoms with Crippen molar-refractivity contribution in [3.05, 3.63) is 23.4 Å². The fourth-order valence-electron chi connectivity index (χ4n) is 1.44. The Morgan fingerprint density at radius 2 is 2.25 bits per heavy atom. The van der Waals surface area contributed by atoms with Crippen LogP contribution in [0.1, 0.15) is 11.3 Å². The molecule has 2 amide bonds. The van der Waals surface area contributed by atoms with Crippen LogP contribution in [0.4, 0.5) is 10.6 Å². The lowest BCUT2D eigenvalue weighted by molar-refractivity contribution is 0.0788. The number of hydrogen-bond donors (Lipinski definition) is 2. The standard InChI is InChI=1S/C10H12N4O2/c1-6-3-7(2)11-8(4-6)12-9-5-16-14-10(15)13-9/h3-4H,5H2,1-2H3,(H2,11,12,13,14,15). The average Bonchev–Trinajstić information content (AvgIpc) is 2.15. The van der Waals surface area contributed by atoms with Gasteiger partial charge in [0.1, 0.15) is 12.4 Å². The number of nitrogens with zero attached hydrogens (tertiary/aromatic N) is 2. The van der Waals surface area contributed by atoms with Gasteiger partial charge in [-0.1, -0.05) is 0 Å². The van der Waals surface area contributed by atoms with Gasteiger partial charge in [0.25, 0.3) is 0 Å². The van der Waals surface area contributed by atoms with E-state index in [0.29, 0.717) is 11.7 Å². The summed E-state index contributed by atoms with van der Waals surface area (Å²) in [7, 11) is 0. The number of aryl methyl sites for hydroxylation is 2. The molecule has 2 heterocycles. The smallest absolute Gasteiger partial charge is 0.292 e. The Balaban J connectivity index is 2.24. The van der Waals surface area contributed by atoms with Crippen LogP contribution in [-0.2, 0) is 4.84 Å². The first-order chi connectivity index (χ1) is 7.63. The minimum atomic E-state index is -0.422. The van der Waals surface area contributed by atoms with Crippen molar-refractivity contribution in [2.75, 3.05) is 6.61 Å². The van der Waals surface area contributed by atoms with Crippen molar-refractivity contribution in [1.29, 1.82) is 0 Å². The number of aromatic nitrogens is 1. The molecule has 16 heavy (non-hydrogen) atoms. The molecule has 2 N–H and O–H groups in total. The first-order valence-corrected chi connectivity index (χ1v) is 4.85. The van der Waals surface area contributed by atoms with Crippen LogP contribution in [0.15, 0.2) is 17.1 Å². The molecule has 1 aliphatic heterocycles. The number of pyridine rings is 1. The van der Waals surface area contributed by atoms with Crippen molar-refractivity contribution < 1.29 is 9.63 Å². The highest BCUT2D eigenvalue weighted by Gasteiger charge is 2.13. The van der Waals surface area contributed by atoms with E-state index in [2.05, 4.69) is 20.8 Å². The van der Waals surface area contributed by atoms with Gasteiger partial charge < -0.3 is 0 Å². The van der Waals surface area contributed by atoms with Crippen LogP contribution < -0.4 is 10.8 Å². The van der Waals surface area contributed by atoms with Crippen molar-refractivity contribution in [3.8, 4) is 0 Å². The Kier molecular flexibility index (Phi) is 2.82. The van der Waals surface area contributed by atoms with Gasteiger partial charge in [-0.05, 0) is 31.5 Å². The lowest BCUT2D eigenvalue weighted by Gasteiger charge is -2.15. The molecule has 0 saturated carbocycles. The number of carbonyl (C=O) groups is 1. The highest BCUT2D eigenvalue weighted by Crippen LogP contribution is 2.12. The molecule has 1 saturated heterocycles. The summed E-state index contributed by atoms with van der Waals surface area (Å²) >= 11 is 0. The van der Waals surface area contributed by atoms with Crippen LogP contribution >= 0.6 is 0 Å². The molecule has 2 rings (SSSR count). The van der Waals surface area contributed by atoms with Gasteiger partial charge in [-0.25, -0.2) is 20.3 Å². The van der Waals surface area contributed by atoms with Gasteiger partial charge in [-0.15, -0.1) is 0 Å². The summed E-state index contributed by atoms with van der Waals surface area (Å²) in [6.07, 6.45) is 0. The highest BCUT2D eigenvalue weighted by atomic mass is 16.7. The third kappa shape index (κ3) is 2.54. The Morgan fingerprint density at radius 3 is 2.94 bits per heavy atom. The van der Waals surface area contributed by atoms with Gasteiger partial charge in [0, 0.05) is 5.69 Å². The second-order valence-corrected chi connectivity index (χ2v) is 3.55. The molecule has 0 unspecified atom stereocenters. The molecule has 1 aromatic heterocycles. The molecule has 0 spiro atoms. The Bertz CT molecular complexity index is 436. The SMILES string of the molecule is Cc1cc(C)nc(/N=C2\CONC(=O)N2)c1.